The summed E-state index contributed by atoms with van der Waals surface area (Å²) in [5.74, 6) is -0.685. The zero-order valence-corrected chi connectivity index (χ0v) is 14.8. The van der Waals surface area contributed by atoms with E-state index >= 15 is 0 Å². The molecule has 0 aromatic heterocycles. The van der Waals surface area contributed by atoms with Crippen molar-refractivity contribution in [2.24, 2.45) is 0 Å². The molecule has 1 spiro atoms. The third kappa shape index (κ3) is 2.88. The van der Waals surface area contributed by atoms with Gasteiger partial charge in [-0.25, -0.2) is 4.90 Å². The number of anilines is 1. The second-order valence-corrected chi connectivity index (χ2v) is 7.22. The van der Waals surface area contributed by atoms with Crippen molar-refractivity contribution >= 4 is 17.5 Å². The van der Waals surface area contributed by atoms with Gasteiger partial charge in [0.15, 0.2) is 5.79 Å². The molecule has 1 aromatic carbocycles. The van der Waals surface area contributed by atoms with Gasteiger partial charge in [-0.3, -0.25) is 14.5 Å². The highest BCUT2D eigenvalue weighted by Gasteiger charge is 2.47. The number of carbonyl (C=O) groups is 2. The van der Waals surface area contributed by atoms with Crippen molar-refractivity contribution in [3.05, 3.63) is 29.3 Å². The largest absolute Gasteiger partial charge is 0.347 e. The Bertz CT molecular complexity index is 701. The van der Waals surface area contributed by atoms with Gasteiger partial charge in [0.1, 0.15) is 0 Å². The molecule has 0 saturated carbocycles. The van der Waals surface area contributed by atoms with Crippen molar-refractivity contribution in [3.63, 3.8) is 0 Å². The van der Waals surface area contributed by atoms with E-state index in [2.05, 4.69) is 4.90 Å². The Balaban J connectivity index is 1.51. The molecule has 0 N–H and O–H groups in total. The molecule has 1 unspecified atom stereocenters. The van der Waals surface area contributed by atoms with E-state index in [-0.39, 0.29) is 24.3 Å². The van der Waals surface area contributed by atoms with E-state index in [1.807, 2.05) is 32.0 Å². The van der Waals surface area contributed by atoms with Gasteiger partial charge in [-0.1, -0.05) is 12.1 Å². The van der Waals surface area contributed by atoms with Crippen LogP contribution in [0.2, 0.25) is 0 Å². The summed E-state index contributed by atoms with van der Waals surface area (Å²) in [6.45, 7) is 6.61. The summed E-state index contributed by atoms with van der Waals surface area (Å²) in [7, 11) is 0. The topological polar surface area (TPSA) is 59.1 Å². The van der Waals surface area contributed by atoms with Crippen LogP contribution in [0.15, 0.2) is 18.2 Å². The normalized spacial score (nSPS) is 26.8. The van der Waals surface area contributed by atoms with Crippen LogP contribution in [0.25, 0.3) is 0 Å². The number of rotatable bonds is 2. The van der Waals surface area contributed by atoms with Crippen molar-refractivity contribution in [1.82, 2.24) is 4.90 Å². The van der Waals surface area contributed by atoms with E-state index in [0.29, 0.717) is 32.0 Å². The lowest BCUT2D eigenvalue weighted by atomic mass is 10.0. The number of piperidine rings is 1. The number of nitrogens with zero attached hydrogens (tertiary/aromatic N) is 2. The van der Waals surface area contributed by atoms with Gasteiger partial charge < -0.3 is 9.47 Å². The Morgan fingerprint density at radius 1 is 1.08 bits per heavy atom. The van der Waals surface area contributed by atoms with E-state index in [9.17, 15) is 9.59 Å². The minimum Gasteiger partial charge on any atom is -0.347 e. The van der Waals surface area contributed by atoms with Crippen molar-refractivity contribution < 1.29 is 19.1 Å². The Morgan fingerprint density at radius 2 is 1.76 bits per heavy atom. The predicted molar refractivity (Wildman–Crippen MR) is 92.3 cm³/mol. The number of hydrogen-bond donors (Lipinski definition) is 0. The number of amides is 2. The third-order valence-corrected chi connectivity index (χ3v) is 5.54. The van der Waals surface area contributed by atoms with Crippen LogP contribution in [0.5, 0.6) is 0 Å². The molecule has 134 valence electrons. The van der Waals surface area contributed by atoms with Crippen LogP contribution in [0.1, 0.15) is 30.4 Å². The summed E-state index contributed by atoms with van der Waals surface area (Å²) in [6.07, 6.45) is 1.74. The summed E-state index contributed by atoms with van der Waals surface area (Å²) in [6, 6.07) is 5.50. The van der Waals surface area contributed by atoms with Crippen LogP contribution in [0, 0.1) is 13.8 Å². The number of carbonyl (C=O) groups excluding carboxylic acids is 2. The molecule has 0 radical (unpaired) electrons. The fourth-order valence-electron chi connectivity index (χ4n) is 4.08. The molecule has 4 rings (SSSR count). The molecule has 6 nitrogen and oxygen atoms in total. The third-order valence-electron chi connectivity index (χ3n) is 5.54. The summed E-state index contributed by atoms with van der Waals surface area (Å²) in [4.78, 5) is 29.1. The molecule has 0 aliphatic carbocycles. The first-order valence-electron chi connectivity index (χ1n) is 8.95. The molecule has 1 aromatic rings. The van der Waals surface area contributed by atoms with Gasteiger partial charge in [-0.2, -0.15) is 0 Å². The fraction of sp³-hybridized carbons (Fsp3) is 0.579. The second-order valence-electron chi connectivity index (χ2n) is 7.22. The van der Waals surface area contributed by atoms with Gasteiger partial charge in [-0.05, 0) is 31.0 Å². The molecule has 1 atom stereocenters. The molecule has 3 aliphatic rings. The van der Waals surface area contributed by atoms with Crippen LogP contribution in [-0.2, 0) is 19.1 Å². The SMILES string of the molecule is Cc1ccc(C)c(N2C(=O)CC(N3CCC4(CC3)OCCO4)C2=O)c1. The first-order chi connectivity index (χ1) is 12.0. The van der Waals surface area contributed by atoms with E-state index in [0.717, 1.165) is 24.0 Å². The maximum absolute atomic E-state index is 13.0. The zero-order valence-electron chi connectivity index (χ0n) is 14.8. The number of hydrogen-bond acceptors (Lipinski definition) is 5. The van der Waals surface area contributed by atoms with Gasteiger partial charge in [0.2, 0.25) is 5.91 Å². The Kier molecular flexibility index (Phi) is 4.14. The highest BCUT2D eigenvalue weighted by molar-refractivity contribution is 6.22. The number of benzene rings is 1. The minimum absolute atomic E-state index is 0.108. The maximum Gasteiger partial charge on any atom is 0.251 e. The highest BCUT2D eigenvalue weighted by atomic mass is 16.7. The Morgan fingerprint density at radius 3 is 2.44 bits per heavy atom. The molecule has 6 heteroatoms. The summed E-state index contributed by atoms with van der Waals surface area (Å²) < 4.78 is 11.5. The number of likely N-dealkylation sites (tertiary alicyclic amines) is 1. The summed E-state index contributed by atoms with van der Waals surface area (Å²) in [5.41, 5.74) is 2.70. The molecular formula is C19H24N2O4. The number of imide groups is 1. The molecule has 3 heterocycles. The standard InChI is InChI=1S/C19H24N2O4/c1-13-3-4-14(2)15(11-13)21-17(22)12-16(18(21)23)20-7-5-19(6-8-20)24-9-10-25-19/h3-4,11,16H,5-10,12H2,1-2H3. The highest BCUT2D eigenvalue weighted by Crippen LogP contribution is 2.35. The lowest BCUT2D eigenvalue weighted by Gasteiger charge is -2.39. The van der Waals surface area contributed by atoms with Crippen LogP contribution in [0.4, 0.5) is 5.69 Å². The lowest BCUT2D eigenvalue weighted by Crippen LogP contribution is -2.51. The molecule has 3 aliphatic heterocycles. The van der Waals surface area contributed by atoms with Crippen molar-refractivity contribution in [3.8, 4) is 0 Å². The minimum atomic E-state index is -0.463. The van der Waals surface area contributed by atoms with Crippen molar-refractivity contribution in [2.75, 3.05) is 31.2 Å². The van der Waals surface area contributed by atoms with E-state index < -0.39 is 5.79 Å². The van der Waals surface area contributed by atoms with Crippen LogP contribution in [0.3, 0.4) is 0 Å². The molecule has 2 amide bonds. The van der Waals surface area contributed by atoms with Gasteiger partial charge in [-0.15, -0.1) is 0 Å². The first kappa shape index (κ1) is 16.7. The Labute approximate surface area is 147 Å². The zero-order chi connectivity index (χ0) is 17.6. The second kappa shape index (κ2) is 6.20. The molecule has 0 bridgehead atoms. The quantitative estimate of drug-likeness (QED) is 0.766. The monoisotopic (exact) mass is 344 g/mol. The average molecular weight is 344 g/mol. The van der Waals surface area contributed by atoms with E-state index in [1.165, 1.54) is 4.90 Å². The lowest BCUT2D eigenvalue weighted by molar-refractivity contribution is -0.188. The van der Waals surface area contributed by atoms with Gasteiger partial charge >= 0.3 is 0 Å². The predicted octanol–water partition coefficient (Wildman–Crippen LogP) is 1.77. The van der Waals surface area contributed by atoms with Gasteiger partial charge in [0, 0.05) is 25.9 Å². The van der Waals surface area contributed by atoms with Gasteiger partial charge in [0.25, 0.3) is 5.91 Å². The van der Waals surface area contributed by atoms with Crippen LogP contribution >= 0.6 is 0 Å². The molecule has 3 fully saturated rings. The van der Waals surface area contributed by atoms with E-state index in [1.54, 1.807) is 0 Å². The number of ether oxygens (including phenoxy) is 2. The fourth-order valence-corrected chi connectivity index (χ4v) is 4.08. The first-order valence-corrected chi connectivity index (χ1v) is 8.95. The maximum atomic E-state index is 13.0. The van der Waals surface area contributed by atoms with Crippen LogP contribution < -0.4 is 4.90 Å². The molecule has 25 heavy (non-hydrogen) atoms. The average Bonchev–Trinajstić information content (AvgIpc) is 3.16. The van der Waals surface area contributed by atoms with Crippen molar-refractivity contribution in [2.45, 2.75) is 44.9 Å². The van der Waals surface area contributed by atoms with Crippen molar-refractivity contribution in [1.29, 1.82) is 0 Å². The van der Waals surface area contributed by atoms with Crippen LogP contribution in [-0.4, -0.2) is 54.8 Å². The van der Waals surface area contributed by atoms with E-state index in [4.69, 9.17) is 9.47 Å². The smallest absolute Gasteiger partial charge is 0.251 e. The summed E-state index contributed by atoms with van der Waals surface area (Å²) >= 11 is 0. The Hall–Kier alpha value is -1.76. The number of aryl methyl sites for hydroxylation is 2. The summed E-state index contributed by atoms with van der Waals surface area (Å²) in [5, 5.41) is 0. The van der Waals surface area contributed by atoms with Gasteiger partial charge in [0.05, 0.1) is 31.4 Å². The molecular weight excluding hydrogens is 320 g/mol. The molecule has 3 saturated heterocycles.